The molecule has 1 saturated carbocycles. The monoisotopic (exact) mass is 342 g/mol. The Morgan fingerprint density at radius 2 is 1.88 bits per heavy atom. The summed E-state index contributed by atoms with van der Waals surface area (Å²) in [5.41, 5.74) is 13.2. The molecule has 1 spiro atoms. The Morgan fingerprint density at radius 3 is 2.56 bits per heavy atom. The number of hydrogen-bond donors (Lipinski definition) is 3. The molecule has 1 fully saturated rings. The maximum absolute atomic E-state index is 12.2. The van der Waals surface area contributed by atoms with Crippen LogP contribution in [0.1, 0.15) is 46.0 Å². The number of aliphatic imine (C=N–C) groups is 2. The minimum Gasteiger partial charge on any atom is -0.369 e. The third-order valence-corrected chi connectivity index (χ3v) is 4.78. The predicted octanol–water partition coefficient (Wildman–Crippen LogP) is 2.39. The highest BCUT2D eigenvalue weighted by molar-refractivity contribution is 6.08. The second-order valence-corrected chi connectivity index (χ2v) is 6.98. The fourth-order valence-corrected chi connectivity index (χ4v) is 3.52. The van der Waals surface area contributed by atoms with E-state index in [9.17, 15) is 4.79 Å². The molecule has 1 heterocycles. The van der Waals surface area contributed by atoms with Crippen molar-refractivity contribution in [2.45, 2.75) is 51.6 Å². The van der Waals surface area contributed by atoms with Gasteiger partial charge in [-0.15, -0.1) is 0 Å². The first-order valence-corrected chi connectivity index (χ1v) is 8.82. The number of hydrogen-bond acceptors (Lipinski definition) is 6. The van der Waals surface area contributed by atoms with Crippen LogP contribution in [0.5, 0.6) is 0 Å². The highest BCUT2D eigenvalue weighted by Crippen LogP contribution is 2.41. The van der Waals surface area contributed by atoms with Gasteiger partial charge in [0.2, 0.25) is 17.8 Å². The van der Waals surface area contributed by atoms with E-state index in [2.05, 4.69) is 15.3 Å². The molecule has 3 rings (SSSR count). The van der Waals surface area contributed by atoms with Gasteiger partial charge in [-0.1, -0.05) is 32.4 Å². The van der Waals surface area contributed by atoms with E-state index < -0.39 is 5.66 Å². The summed E-state index contributed by atoms with van der Waals surface area (Å²) in [5.74, 6) is 0.387. The fraction of sp³-hybridized carbons (Fsp3) is 0.500. The van der Waals surface area contributed by atoms with E-state index >= 15 is 0 Å². The largest absolute Gasteiger partial charge is 0.369 e. The lowest BCUT2D eigenvalue weighted by molar-refractivity contribution is -0.118. The van der Waals surface area contributed by atoms with Gasteiger partial charge in [0.25, 0.3) is 0 Å². The molecule has 0 bridgehead atoms. The molecule has 1 aromatic rings. The summed E-state index contributed by atoms with van der Waals surface area (Å²) in [4.78, 5) is 23.0. The number of amides is 1. The SMILES string of the molecule is CC(C)C(=O)Nc1ccccc1N1C(N)=NC(N)=NC12CCCCC2. The molecule has 1 aliphatic carbocycles. The normalized spacial score (nSPS) is 19.6. The Morgan fingerprint density at radius 1 is 1.20 bits per heavy atom. The first-order chi connectivity index (χ1) is 11.9. The van der Waals surface area contributed by atoms with Crippen molar-refractivity contribution in [2.75, 3.05) is 10.2 Å². The molecule has 0 saturated heterocycles. The maximum atomic E-state index is 12.2. The van der Waals surface area contributed by atoms with Crippen LogP contribution in [0.4, 0.5) is 11.4 Å². The van der Waals surface area contributed by atoms with Crippen molar-refractivity contribution in [3.8, 4) is 0 Å². The van der Waals surface area contributed by atoms with E-state index in [1.165, 1.54) is 6.42 Å². The summed E-state index contributed by atoms with van der Waals surface area (Å²) >= 11 is 0. The maximum Gasteiger partial charge on any atom is 0.226 e. The van der Waals surface area contributed by atoms with E-state index in [-0.39, 0.29) is 17.8 Å². The average molecular weight is 342 g/mol. The quantitative estimate of drug-likeness (QED) is 0.783. The van der Waals surface area contributed by atoms with Gasteiger partial charge in [0, 0.05) is 5.92 Å². The smallest absolute Gasteiger partial charge is 0.226 e. The molecule has 5 N–H and O–H groups in total. The van der Waals surface area contributed by atoms with Crippen LogP contribution in [0.3, 0.4) is 0 Å². The standard InChI is InChI=1S/C18H26N6O/c1-12(2)15(25)21-13-8-4-5-9-14(13)24-17(20)22-16(19)23-18(24)10-6-3-7-11-18/h4-5,8-9,12H,3,6-7,10-11H2,1-2H3,(H,21,25)(H4,19,20,22,23). The lowest BCUT2D eigenvalue weighted by Crippen LogP contribution is -2.58. The molecular weight excluding hydrogens is 316 g/mol. The van der Waals surface area contributed by atoms with Crippen LogP contribution in [-0.4, -0.2) is 23.5 Å². The number of nitrogens with two attached hydrogens (primary N) is 2. The molecule has 1 aliphatic heterocycles. The number of nitrogens with zero attached hydrogens (tertiary/aromatic N) is 3. The van der Waals surface area contributed by atoms with Crippen molar-refractivity contribution in [2.24, 2.45) is 27.4 Å². The Kier molecular flexibility index (Phi) is 4.65. The lowest BCUT2D eigenvalue weighted by Gasteiger charge is -2.46. The average Bonchev–Trinajstić information content (AvgIpc) is 2.56. The first kappa shape index (κ1) is 17.3. The summed E-state index contributed by atoms with van der Waals surface area (Å²) in [6.45, 7) is 3.73. The minimum absolute atomic E-state index is 0.0410. The Balaban J connectivity index is 2.04. The van der Waals surface area contributed by atoms with Crippen molar-refractivity contribution in [3.05, 3.63) is 24.3 Å². The summed E-state index contributed by atoms with van der Waals surface area (Å²) in [6, 6.07) is 7.63. The van der Waals surface area contributed by atoms with Gasteiger partial charge in [0.05, 0.1) is 11.4 Å². The van der Waals surface area contributed by atoms with Crippen LogP contribution in [-0.2, 0) is 4.79 Å². The van der Waals surface area contributed by atoms with Gasteiger partial charge in [-0.05, 0) is 37.8 Å². The number of carbonyl (C=O) groups excluding carboxylic acids is 1. The lowest BCUT2D eigenvalue weighted by atomic mass is 9.87. The van der Waals surface area contributed by atoms with Gasteiger partial charge in [-0.3, -0.25) is 9.69 Å². The topological polar surface area (TPSA) is 109 Å². The van der Waals surface area contributed by atoms with Crippen LogP contribution >= 0.6 is 0 Å². The zero-order valence-corrected chi connectivity index (χ0v) is 14.8. The van der Waals surface area contributed by atoms with Gasteiger partial charge < -0.3 is 16.8 Å². The number of anilines is 2. The van der Waals surface area contributed by atoms with E-state index in [1.807, 2.05) is 43.0 Å². The van der Waals surface area contributed by atoms with Crippen LogP contribution in [0.25, 0.3) is 0 Å². The van der Waals surface area contributed by atoms with Gasteiger partial charge in [0.1, 0.15) is 5.66 Å². The molecule has 7 nitrogen and oxygen atoms in total. The molecule has 0 radical (unpaired) electrons. The van der Waals surface area contributed by atoms with E-state index in [4.69, 9.17) is 11.5 Å². The Labute approximate surface area is 148 Å². The number of carbonyl (C=O) groups is 1. The summed E-state index contributed by atoms with van der Waals surface area (Å²) in [5, 5.41) is 2.99. The number of rotatable bonds is 3. The molecule has 1 aromatic carbocycles. The van der Waals surface area contributed by atoms with Crippen LogP contribution in [0, 0.1) is 5.92 Å². The zero-order valence-electron chi connectivity index (χ0n) is 14.8. The van der Waals surface area contributed by atoms with Crippen molar-refractivity contribution < 1.29 is 4.79 Å². The minimum atomic E-state index is -0.521. The van der Waals surface area contributed by atoms with Crippen molar-refractivity contribution in [3.63, 3.8) is 0 Å². The molecule has 25 heavy (non-hydrogen) atoms. The first-order valence-electron chi connectivity index (χ1n) is 8.82. The summed E-state index contributed by atoms with van der Waals surface area (Å²) in [7, 11) is 0. The number of nitrogens with one attached hydrogen (secondary N) is 1. The summed E-state index contributed by atoms with van der Waals surface area (Å²) < 4.78 is 0. The molecule has 0 unspecified atom stereocenters. The van der Waals surface area contributed by atoms with Crippen LogP contribution < -0.4 is 21.7 Å². The molecule has 0 atom stereocenters. The fourth-order valence-electron chi connectivity index (χ4n) is 3.52. The second kappa shape index (κ2) is 6.74. The van der Waals surface area contributed by atoms with Crippen molar-refractivity contribution >= 4 is 29.2 Å². The molecular formula is C18H26N6O. The summed E-state index contributed by atoms with van der Waals surface area (Å²) in [6.07, 6.45) is 5.00. The number of para-hydroxylation sites is 2. The molecule has 134 valence electrons. The molecule has 2 aliphatic rings. The van der Waals surface area contributed by atoms with Crippen LogP contribution in [0.2, 0.25) is 0 Å². The third kappa shape index (κ3) is 3.31. The van der Waals surface area contributed by atoms with Gasteiger partial charge in [-0.25, -0.2) is 4.99 Å². The number of guanidine groups is 2. The van der Waals surface area contributed by atoms with E-state index in [1.54, 1.807) is 0 Å². The van der Waals surface area contributed by atoms with Gasteiger partial charge in [-0.2, -0.15) is 4.99 Å². The van der Waals surface area contributed by atoms with E-state index in [0.717, 1.165) is 31.4 Å². The van der Waals surface area contributed by atoms with Gasteiger partial charge in [0.15, 0.2) is 0 Å². The van der Waals surface area contributed by atoms with Crippen LogP contribution in [0.15, 0.2) is 34.3 Å². The van der Waals surface area contributed by atoms with Crippen molar-refractivity contribution in [1.82, 2.24) is 0 Å². The van der Waals surface area contributed by atoms with Gasteiger partial charge >= 0.3 is 0 Å². The Hall–Kier alpha value is -2.57. The molecule has 0 aromatic heterocycles. The number of benzene rings is 1. The highest BCUT2D eigenvalue weighted by atomic mass is 16.1. The predicted molar refractivity (Wildman–Crippen MR) is 101 cm³/mol. The molecule has 7 heteroatoms. The highest BCUT2D eigenvalue weighted by Gasteiger charge is 2.43. The zero-order chi connectivity index (χ0) is 18.0. The Bertz CT molecular complexity index is 718. The van der Waals surface area contributed by atoms with E-state index in [0.29, 0.717) is 11.6 Å². The third-order valence-electron chi connectivity index (χ3n) is 4.78. The molecule has 1 amide bonds. The second-order valence-electron chi connectivity index (χ2n) is 6.98. The van der Waals surface area contributed by atoms with Crippen molar-refractivity contribution in [1.29, 1.82) is 0 Å².